The Hall–Kier alpha value is -3.70. The van der Waals surface area contributed by atoms with Crippen molar-refractivity contribution in [3.63, 3.8) is 0 Å². The molecular formula is C24H28FN5O5. The highest BCUT2D eigenvalue weighted by molar-refractivity contribution is 5.99. The van der Waals surface area contributed by atoms with E-state index in [9.17, 15) is 4.79 Å². The molecule has 35 heavy (non-hydrogen) atoms. The number of ether oxygens (including phenoxy) is 3. The molecule has 0 aliphatic carbocycles. The summed E-state index contributed by atoms with van der Waals surface area (Å²) in [6.07, 6.45) is 2.77. The lowest BCUT2D eigenvalue weighted by Crippen LogP contribution is -2.22. The van der Waals surface area contributed by atoms with Crippen molar-refractivity contribution >= 4 is 34.1 Å². The van der Waals surface area contributed by atoms with E-state index in [0.29, 0.717) is 60.6 Å². The lowest BCUT2D eigenvalue weighted by atomic mass is 9.97. The summed E-state index contributed by atoms with van der Waals surface area (Å²) in [7, 11) is 0. The highest BCUT2D eigenvalue weighted by Gasteiger charge is 2.22. The predicted octanol–water partition coefficient (Wildman–Crippen LogP) is 3.47. The van der Waals surface area contributed by atoms with Gasteiger partial charge in [0.05, 0.1) is 18.9 Å². The minimum absolute atomic E-state index is 0.0245. The number of carbonyl (C=O) groups excluding carboxylic acids is 1. The van der Waals surface area contributed by atoms with Gasteiger partial charge in [0.15, 0.2) is 5.82 Å². The third kappa shape index (κ3) is 5.20. The van der Waals surface area contributed by atoms with E-state index in [2.05, 4.69) is 20.6 Å². The second kappa shape index (κ2) is 10.7. The van der Waals surface area contributed by atoms with E-state index < -0.39 is 11.9 Å². The molecule has 0 spiro atoms. The van der Waals surface area contributed by atoms with Gasteiger partial charge >= 0.3 is 6.09 Å². The Labute approximate surface area is 201 Å². The van der Waals surface area contributed by atoms with Crippen molar-refractivity contribution in [2.45, 2.75) is 26.4 Å². The summed E-state index contributed by atoms with van der Waals surface area (Å²) in [6.45, 7) is 5.92. The second-order valence-corrected chi connectivity index (χ2v) is 8.03. The molecule has 0 saturated carbocycles. The Morgan fingerprint density at radius 3 is 2.86 bits per heavy atom. The number of amides is 1. The Balaban J connectivity index is 0.000000917. The number of nitrogens with two attached hydrogens (primary N) is 1. The van der Waals surface area contributed by atoms with E-state index >= 15 is 4.39 Å². The number of nitrogens with zero attached hydrogens (tertiary/aromatic N) is 2. The third-order valence-electron chi connectivity index (χ3n) is 5.63. The van der Waals surface area contributed by atoms with Crippen LogP contribution in [0, 0.1) is 12.7 Å². The maximum Gasteiger partial charge on any atom is 0.413 e. The van der Waals surface area contributed by atoms with E-state index in [4.69, 9.17) is 25.1 Å². The Morgan fingerprint density at radius 1 is 1.31 bits per heavy atom. The number of aliphatic hydroxyl groups is 1. The van der Waals surface area contributed by atoms with E-state index in [1.165, 1.54) is 6.20 Å². The zero-order valence-electron chi connectivity index (χ0n) is 19.6. The molecular weight excluding hydrogens is 457 g/mol. The van der Waals surface area contributed by atoms with Crippen molar-refractivity contribution in [1.29, 1.82) is 0 Å². The van der Waals surface area contributed by atoms with E-state index in [-0.39, 0.29) is 24.2 Å². The fraction of sp³-hybridized carbons (Fsp3) is 0.375. The normalized spacial score (nSPS) is 16.4. The van der Waals surface area contributed by atoms with Crippen LogP contribution in [0.15, 0.2) is 24.5 Å². The maximum absolute atomic E-state index is 15.2. The van der Waals surface area contributed by atoms with Crippen LogP contribution < -0.4 is 21.1 Å². The van der Waals surface area contributed by atoms with Gasteiger partial charge in [-0.1, -0.05) is 0 Å². The Morgan fingerprint density at radius 2 is 2.11 bits per heavy atom. The summed E-state index contributed by atoms with van der Waals surface area (Å²) in [5, 5.41) is 14.5. The fourth-order valence-electron chi connectivity index (χ4n) is 3.95. The number of anilines is 3. The van der Waals surface area contributed by atoms with Crippen molar-refractivity contribution in [3.8, 4) is 17.0 Å². The molecule has 4 heterocycles. The standard InChI is InChI=1S/C22H22FN5O4.C2H6O/c1-11-15(8-27-21-20(11)25-3-5-31-21)14-6-12-7-17(26-9-16(12)19(24)18(14)23)28-22(29)32-13-2-4-30-10-13;1-2-3/h6-9,13,25H,2-5,10,24H2,1H3,(H,26,28,29);3H,2H2,1H3. The van der Waals surface area contributed by atoms with Crippen LogP contribution in [0.3, 0.4) is 0 Å². The largest absolute Gasteiger partial charge is 0.474 e. The molecule has 10 nitrogen and oxygen atoms in total. The number of fused-ring (bicyclic) bond motifs is 2. The highest BCUT2D eigenvalue weighted by atomic mass is 19.1. The molecule has 1 atom stereocenters. The number of benzene rings is 1. The van der Waals surface area contributed by atoms with Gasteiger partial charge in [-0.05, 0) is 36.9 Å². The first kappa shape index (κ1) is 24.4. The molecule has 0 radical (unpaired) electrons. The first-order chi connectivity index (χ1) is 16.9. The number of halogens is 1. The van der Waals surface area contributed by atoms with Gasteiger partial charge in [0.2, 0.25) is 5.88 Å². The molecule has 1 fully saturated rings. The number of nitrogen functional groups attached to an aromatic ring is 1. The molecule has 2 aromatic heterocycles. The molecule has 1 aromatic carbocycles. The SMILES string of the molecule is CCO.Cc1c(-c2cc3cc(NC(=O)OC4CCOC4)ncc3c(N)c2F)cnc2c1NCCO2. The summed E-state index contributed by atoms with van der Waals surface area (Å²) in [5.74, 6) is 0.212. The van der Waals surface area contributed by atoms with Gasteiger partial charge in [-0.3, -0.25) is 5.32 Å². The quantitative estimate of drug-likeness (QED) is 0.410. The first-order valence-corrected chi connectivity index (χ1v) is 11.3. The topological polar surface area (TPSA) is 141 Å². The molecule has 2 aliphatic heterocycles. The maximum atomic E-state index is 15.2. The molecule has 5 N–H and O–H groups in total. The van der Waals surface area contributed by atoms with Crippen LogP contribution in [0.25, 0.3) is 21.9 Å². The Kier molecular flexibility index (Phi) is 7.47. The van der Waals surface area contributed by atoms with E-state index in [0.717, 1.165) is 11.3 Å². The number of carbonyl (C=O) groups is 1. The fourth-order valence-corrected chi connectivity index (χ4v) is 3.95. The first-order valence-electron chi connectivity index (χ1n) is 11.3. The number of hydrogen-bond donors (Lipinski definition) is 4. The summed E-state index contributed by atoms with van der Waals surface area (Å²) < 4.78 is 31.3. The molecule has 1 unspecified atom stereocenters. The smallest absolute Gasteiger partial charge is 0.413 e. The average molecular weight is 486 g/mol. The number of rotatable bonds is 3. The summed E-state index contributed by atoms with van der Waals surface area (Å²) >= 11 is 0. The molecule has 1 saturated heterocycles. The van der Waals surface area contributed by atoms with Crippen LogP contribution in [0.4, 0.5) is 26.4 Å². The number of pyridine rings is 2. The minimum Gasteiger partial charge on any atom is -0.474 e. The zero-order valence-corrected chi connectivity index (χ0v) is 19.6. The monoisotopic (exact) mass is 485 g/mol. The van der Waals surface area contributed by atoms with Gasteiger partial charge in [-0.15, -0.1) is 0 Å². The lowest BCUT2D eigenvalue weighted by Gasteiger charge is -2.22. The van der Waals surface area contributed by atoms with Crippen LogP contribution in [0.2, 0.25) is 0 Å². The molecule has 186 valence electrons. The molecule has 11 heteroatoms. The molecule has 5 rings (SSSR count). The molecule has 1 amide bonds. The van der Waals surface area contributed by atoms with Crippen molar-refractivity contribution in [2.24, 2.45) is 0 Å². The van der Waals surface area contributed by atoms with Crippen LogP contribution >= 0.6 is 0 Å². The minimum atomic E-state index is -0.622. The van der Waals surface area contributed by atoms with Gasteiger partial charge in [-0.2, -0.15) is 0 Å². The van der Waals surface area contributed by atoms with Crippen LogP contribution in [-0.4, -0.2) is 60.2 Å². The van der Waals surface area contributed by atoms with E-state index in [1.807, 2.05) is 6.92 Å². The molecule has 0 bridgehead atoms. The summed E-state index contributed by atoms with van der Waals surface area (Å²) in [5.41, 5.74) is 8.53. The number of nitrogens with one attached hydrogen (secondary N) is 2. The second-order valence-electron chi connectivity index (χ2n) is 8.03. The van der Waals surface area contributed by atoms with Crippen LogP contribution in [0.1, 0.15) is 18.9 Å². The van der Waals surface area contributed by atoms with Gasteiger partial charge in [0.25, 0.3) is 0 Å². The van der Waals surface area contributed by atoms with E-state index in [1.54, 1.807) is 25.3 Å². The molecule has 2 aliphatic rings. The number of aromatic nitrogens is 2. The van der Waals surface area contributed by atoms with Crippen molar-refractivity contribution in [3.05, 3.63) is 35.9 Å². The summed E-state index contributed by atoms with van der Waals surface area (Å²) in [6, 6.07) is 3.30. The number of hydrogen-bond acceptors (Lipinski definition) is 9. The van der Waals surface area contributed by atoms with Crippen molar-refractivity contribution in [2.75, 3.05) is 49.3 Å². The van der Waals surface area contributed by atoms with Gasteiger partial charge < -0.3 is 30.4 Å². The van der Waals surface area contributed by atoms with Crippen LogP contribution in [-0.2, 0) is 9.47 Å². The van der Waals surface area contributed by atoms with Crippen LogP contribution in [0.5, 0.6) is 5.88 Å². The Bertz CT molecular complexity index is 1230. The van der Waals surface area contributed by atoms with Gasteiger partial charge in [-0.25, -0.2) is 19.2 Å². The zero-order chi connectivity index (χ0) is 24.9. The highest BCUT2D eigenvalue weighted by Crippen LogP contribution is 2.39. The van der Waals surface area contributed by atoms with Crippen molar-refractivity contribution < 1.29 is 28.5 Å². The van der Waals surface area contributed by atoms with Crippen molar-refractivity contribution in [1.82, 2.24) is 9.97 Å². The number of aliphatic hydroxyl groups excluding tert-OH is 1. The lowest BCUT2D eigenvalue weighted by molar-refractivity contribution is 0.0931. The van der Waals surface area contributed by atoms with Gasteiger partial charge in [0, 0.05) is 48.5 Å². The molecule has 3 aromatic rings. The van der Waals surface area contributed by atoms with Gasteiger partial charge in [0.1, 0.15) is 24.2 Å². The summed E-state index contributed by atoms with van der Waals surface area (Å²) in [4.78, 5) is 20.7. The average Bonchev–Trinajstić information content (AvgIpc) is 3.35. The predicted molar refractivity (Wildman–Crippen MR) is 130 cm³/mol. The third-order valence-corrected chi connectivity index (χ3v) is 5.63.